The third-order valence-electron chi connectivity index (χ3n) is 1.59. The summed E-state index contributed by atoms with van der Waals surface area (Å²) in [5.41, 5.74) is 2.28. The van der Waals surface area contributed by atoms with Crippen LogP contribution in [0.4, 0.5) is 0 Å². The Morgan fingerprint density at radius 1 is 1.55 bits per heavy atom. The van der Waals surface area contributed by atoms with E-state index >= 15 is 0 Å². The first-order chi connectivity index (χ1) is 5.24. The van der Waals surface area contributed by atoms with Crippen molar-refractivity contribution in [3.05, 3.63) is 35.1 Å². The van der Waals surface area contributed by atoms with Gasteiger partial charge in [0.2, 0.25) is 0 Å². The quantitative estimate of drug-likeness (QED) is 0.626. The topological polar surface area (TPSA) is 12.9 Å². The molecule has 1 aromatic rings. The summed E-state index contributed by atoms with van der Waals surface area (Å²) >= 11 is 5.76. The van der Waals surface area contributed by atoms with Crippen molar-refractivity contribution < 1.29 is 0 Å². The number of halogens is 1. The average Bonchev–Trinajstić information content (AvgIpc) is 2.03. The number of hydrogen-bond donors (Lipinski definition) is 0. The zero-order valence-electron chi connectivity index (χ0n) is 6.63. The fourth-order valence-corrected chi connectivity index (χ4v) is 0.968. The van der Waals surface area contributed by atoms with Crippen LogP contribution < -0.4 is 0 Å². The summed E-state index contributed by atoms with van der Waals surface area (Å²) in [6.07, 6.45) is 5.47. The smallest absolute Gasteiger partial charge is 0.0595 e. The van der Waals surface area contributed by atoms with Crippen molar-refractivity contribution in [2.45, 2.75) is 13.8 Å². The van der Waals surface area contributed by atoms with Crippen molar-refractivity contribution in [1.82, 2.24) is 4.98 Å². The Morgan fingerprint density at radius 3 is 2.82 bits per heavy atom. The molecule has 0 aliphatic carbocycles. The van der Waals surface area contributed by atoms with E-state index in [1.54, 1.807) is 12.4 Å². The van der Waals surface area contributed by atoms with Crippen molar-refractivity contribution in [2.24, 2.45) is 0 Å². The van der Waals surface area contributed by atoms with Crippen LogP contribution in [0.5, 0.6) is 0 Å². The van der Waals surface area contributed by atoms with Gasteiger partial charge in [-0.3, -0.25) is 4.98 Å². The number of aromatic nitrogens is 1. The molecule has 0 unspecified atom stereocenters. The van der Waals surface area contributed by atoms with Crippen LogP contribution in [-0.2, 0) is 0 Å². The van der Waals surface area contributed by atoms with Crippen molar-refractivity contribution in [2.75, 3.05) is 0 Å². The zero-order chi connectivity index (χ0) is 8.27. The van der Waals surface area contributed by atoms with E-state index in [0.717, 1.165) is 5.56 Å². The summed E-state index contributed by atoms with van der Waals surface area (Å²) in [5, 5.41) is 0.684. The van der Waals surface area contributed by atoms with Crippen LogP contribution in [0, 0.1) is 0 Å². The summed E-state index contributed by atoms with van der Waals surface area (Å²) < 4.78 is 0. The molecule has 1 heterocycles. The van der Waals surface area contributed by atoms with Gasteiger partial charge in [0.15, 0.2) is 0 Å². The van der Waals surface area contributed by atoms with E-state index in [0.29, 0.717) is 5.02 Å². The Hall–Kier alpha value is -0.820. The lowest BCUT2D eigenvalue weighted by atomic mass is 10.1. The molecule has 1 rings (SSSR count). The van der Waals surface area contributed by atoms with Gasteiger partial charge in [0.05, 0.1) is 5.02 Å². The van der Waals surface area contributed by atoms with Gasteiger partial charge in [0, 0.05) is 12.4 Å². The number of nitrogens with zero attached hydrogens (tertiary/aromatic N) is 1. The third-order valence-corrected chi connectivity index (χ3v) is 1.80. The summed E-state index contributed by atoms with van der Waals surface area (Å²) in [6, 6.07) is 1.91. The van der Waals surface area contributed by atoms with Crippen molar-refractivity contribution in [3.63, 3.8) is 0 Å². The summed E-state index contributed by atoms with van der Waals surface area (Å²) in [6.45, 7) is 4.03. The van der Waals surface area contributed by atoms with Crippen LogP contribution in [-0.4, -0.2) is 4.98 Å². The van der Waals surface area contributed by atoms with Crippen LogP contribution in [0.1, 0.15) is 19.4 Å². The Kier molecular flexibility index (Phi) is 2.66. The Bertz CT molecular complexity index is 279. The molecule has 0 aliphatic rings. The third kappa shape index (κ3) is 2.05. The normalized spacial score (nSPS) is 11.7. The molecular weight excluding hydrogens is 158 g/mol. The number of allylic oxidation sites excluding steroid dienone is 2. The van der Waals surface area contributed by atoms with Gasteiger partial charge in [0.25, 0.3) is 0 Å². The minimum atomic E-state index is 0.684. The molecular formula is C9H10ClN. The first kappa shape index (κ1) is 8.28. The molecule has 0 bridgehead atoms. The SMILES string of the molecule is CC=C(C)c1cncc(Cl)c1. The van der Waals surface area contributed by atoms with Gasteiger partial charge in [0.1, 0.15) is 0 Å². The van der Waals surface area contributed by atoms with Crippen LogP contribution in [0.25, 0.3) is 5.57 Å². The standard InChI is InChI=1S/C9H10ClN/c1-3-7(2)8-4-9(10)6-11-5-8/h3-6H,1-2H3. The van der Waals surface area contributed by atoms with Crippen molar-refractivity contribution >= 4 is 17.2 Å². The summed E-state index contributed by atoms with van der Waals surface area (Å²) in [5.74, 6) is 0. The molecule has 0 N–H and O–H groups in total. The monoisotopic (exact) mass is 167 g/mol. The molecule has 0 amide bonds. The van der Waals surface area contributed by atoms with E-state index in [4.69, 9.17) is 11.6 Å². The van der Waals surface area contributed by atoms with Gasteiger partial charge < -0.3 is 0 Å². The molecule has 58 valence electrons. The highest BCUT2D eigenvalue weighted by molar-refractivity contribution is 6.30. The highest BCUT2D eigenvalue weighted by atomic mass is 35.5. The maximum Gasteiger partial charge on any atom is 0.0595 e. The number of rotatable bonds is 1. The van der Waals surface area contributed by atoms with E-state index in [1.807, 2.05) is 26.0 Å². The molecule has 1 aromatic heterocycles. The lowest BCUT2D eigenvalue weighted by Crippen LogP contribution is -1.80. The molecule has 0 aliphatic heterocycles. The summed E-state index contributed by atoms with van der Waals surface area (Å²) in [4.78, 5) is 3.98. The lowest BCUT2D eigenvalue weighted by molar-refractivity contribution is 1.30. The number of pyridine rings is 1. The molecule has 0 radical (unpaired) electrons. The fraction of sp³-hybridized carbons (Fsp3) is 0.222. The second-order valence-electron chi connectivity index (χ2n) is 2.36. The number of hydrogen-bond acceptors (Lipinski definition) is 1. The second-order valence-corrected chi connectivity index (χ2v) is 2.80. The van der Waals surface area contributed by atoms with E-state index in [1.165, 1.54) is 5.57 Å². The molecule has 0 spiro atoms. The maximum atomic E-state index is 5.76. The van der Waals surface area contributed by atoms with Gasteiger partial charge >= 0.3 is 0 Å². The van der Waals surface area contributed by atoms with Gasteiger partial charge in [-0.2, -0.15) is 0 Å². The average molecular weight is 168 g/mol. The molecule has 0 atom stereocenters. The Labute approximate surface area is 71.7 Å². The first-order valence-electron chi connectivity index (χ1n) is 3.48. The van der Waals surface area contributed by atoms with Gasteiger partial charge in [-0.1, -0.05) is 17.7 Å². The molecule has 0 aromatic carbocycles. The molecule has 0 fully saturated rings. The van der Waals surface area contributed by atoms with E-state index in [-0.39, 0.29) is 0 Å². The van der Waals surface area contributed by atoms with E-state index in [2.05, 4.69) is 4.98 Å². The predicted molar refractivity (Wildman–Crippen MR) is 48.6 cm³/mol. The Morgan fingerprint density at radius 2 is 2.27 bits per heavy atom. The zero-order valence-corrected chi connectivity index (χ0v) is 7.39. The highest BCUT2D eigenvalue weighted by Gasteiger charge is 1.94. The van der Waals surface area contributed by atoms with Crippen molar-refractivity contribution in [3.8, 4) is 0 Å². The molecule has 0 saturated heterocycles. The molecule has 1 nitrogen and oxygen atoms in total. The van der Waals surface area contributed by atoms with E-state index < -0.39 is 0 Å². The van der Waals surface area contributed by atoms with Gasteiger partial charge in [-0.15, -0.1) is 0 Å². The highest BCUT2D eigenvalue weighted by Crippen LogP contribution is 2.15. The van der Waals surface area contributed by atoms with Crippen molar-refractivity contribution in [1.29, 1.82) is 0 Å². The summed E-state index contributed by atoms with van der Waals surface area (Å²) in [7, 11) is 0. The lowest BCUT2D eigenvalue weighted by Gasteiger charge is -1.98. The molecule has 11 heavy (non-hydrogen) atoms. The fourth-order valence-electron chi connectivity index (χ4n) is 0.794. The van der Waals surface area contributed by atoms with Crippen LogP contribution in [0.2, 0.25) is 5.02 Å². The first-order valence-corrected chi connectivity index (χ1v) is 3.85. The minimum absolute atomic E-state index is 0.684. The van der Waals surface area contributed by atoms with Crippen LogP contribution in [0.3, 0.4) is 0 Å². The molecule has 2 heteroatoms. The van der Waals surface area contributed by atoms with Crippen LogP contribution >= 0.6 is 11.6 Å². The van der Waals surface area contributed by atoms with Gasteiger partial charge in [-0.25, -0.2) is 0 Å². The van der Waals surface area contributed by atoms with Crippen LogP contribution in [0.15, 0.2) is 24.5 Å². The minimum Gasteiger partial charge on any atom is -0.263 e. The predicted octanol–water partition coefficient (Wildman–Crippen LogP) is 3.16. The molecule has 0 saturated carbocycles. The van der Waals surface area contributed by atoms with E-state index in [9.17, 15) is 0 Å². The maximum absolute atomic E-state index is 5.76. The largest absolute Gasteiger partial charge is 0.263 e. The second kappa shape index (κ2) is 3.54. The Balaban J connectivity index is 3.06. The van der Waals surface area contributed by atoms with Gasteiger partial charge in [-0.05, 0) is 31.1 Å².